The number of rotatable bonds is 11. The average molecular weight is 508 g/mol. The fourth-order valence-electron chi connectivity index (χ4n) is 3.73. The zero-order valence-electron chi connectivity index (χ0n) is 20.5. The monoisotopic (exact) mass is 507 g/mol. The minimum atomic E-state index is -3.77. The van der Waals surface area contributed by atoms with E-state index in [1.807, 2.05) is 19.1 Å². The van der Waals surface area contributed by atoms with Crippen LogP contribution in [0, 0.1) is 13.8 Å². The van der Waals surface area contributed by atoms with Gasteiger partial charge in [0, 0.05) is 18.1 Å². The van der Waals surface area contributed by atoms with E-state index in [0.29, 0.717) is 17.3 Å². The van der Waals surface area contributed by atoms with Crippen LogP contribution in [0.25, 0.3) is 0 Å². The van der Waals surface area contributed by atoms with Crippen molar-refractivity contribution in [3.8, 4) is 0 Å². The lowest BCUT2D eigenvalue weighted by Crippen LogP contribution is -2.51. The first-order chi connectivity index (χ1) is 16.0. The molecule has 34 heavy (non-hydrogen) atoms. The first-order valence-electron chi connectivity index (χ1n) is 11.3. The molecule has 0 radical (unpaired) electrons. The fraction of sp³-hybridized carbons (Fsp3) is 0.440. The lowest BCUT2D eigenvalue weighted by atomic mass is 10.1. The molecule has 2 rings (SSSR count). The number of amides is 2. The van der Waals surface area contributed by atoms with Gasteiger partial charge in [-0.15, -0.1) is 0 Å². The Morgan fingerprint density at radius 3 is 2.26 bits per heavy atom. The molecule has 0 aliphatic rings. The molecule has 2 aromatic rings. The molecule has 0 fully saturated rings. The molecular weight excluding hydrogens is 474 g/mol. The first-order valence-corrected chi connectivity index (χ1v) is 13.5. The van der Waals surface area contributed by atoms with Crippen LogP contribution in [0.4, 0.5) is 5.69 Å². The number of halogens is 1. The number of nitrogens with one attached hydrogen (secondary N) is 1. The van der Waals surface area contributed by atoms with Gasteiger partial charge in [-0.1, -0.05) is 55.3 Å². The van der Waals surface area contributed by atoms with Crippen LogP contribution < -0.4 is 9.62 Å². The van der Waals surface area contributed by atoms with Crippen LogP contribution in [-0.2, 0) is 26.2 Å². The number of sulfonamides is 1. The van der Waals surface area contributed by atoms with Crippen LogP contribution >= 0.6 is 11.6 Å². The van der Waals surface area contributed by atoms with Crippen LogP contribution in [-0.4, -0.2) is 50.5 Å². The number of carbonyl (C=O) groups is 2. The van der Waals surface area contributed by atoms with E-state index in [9.17, 15) is 18.0 Å². The second kappa shape index (κ2) is 12.2. The van der Waals surface area contributed by atoms with Crippen molar-refractivity contribution >= 4 is 39.1 Å². The van der Waals surface area contributed by atoms with Crippen molar-refractivity contribution in [1.29, 1.82) is 0 Å². The van der Waals surface area contributed by atoms with E-state index < -0.39 is 28.5 Å². The molecule has 7 nitrogen and oxygen atoms in total. The maximum Gasteiger partial charge on any atom is 0.244 e. The number of hydrogen-bond donors (Lipinski definition) is 1. The van der Waals surface area contributed by atoms with E-state index in [1.165, 1.54) is 4.90 Å². The van der Waals surface area contributed by atoms with Crippen molar-refractivity contribution in [2.75, 3.05) is 23.7 Å². The Morgan fingerprint density at radius 2 is 1.71 bits per heavy atom. The fourth-order valence-corrected chi connectivity index (χ4v) is 4.90. The van der Waals surface area contributed by atoms with Crippen molar-refractivity contribution in [2.24, 2.45) is 0 Å². The van der Waals surface area contributed by atoms with E-state index in [1.54, 1.807) is 51.1 Å². The third-order valence-electron chi connectivity index (χ3n) is 5.61. The highest BCUT2D eigenvalue weighted by molar-refractivity contribution is 7.92. The molecule has 0 saturated heterocycles. The van der Waals surface area contributed by atoms with Crippen molar-refractivity contribution in [1.82, 2.24) is 10.2 Å². The number of aryl methyl sites for hydroxylation is 2. The van der Waals surface area contributed by atoms with Crippen LogP contribution in [0.2, 0.25) is 5.02 Å². The summed E-state index contributed by atoms with van der Waals surface area (Å²) in [5.74, 6) is -0.770. The summed E-state index contributed by atoms with van der Waals surface area (Å²) in [6.45, 7) is 7.49. The van der Waals surface area contributed by atoms with Gasteiger partial charge in [0.2, 0.25) is 21.8 Å². The van der Waals surface area contributed by atoms with E-state index in [0.717, 1.165) is 40.1 Å². The summed E-state index contributed by atoms with van der Waals surface area (Å²) in [5, 5.41) is 3.37. The summed E-state index contributed by atoms with van der Waals surface area (Å²) in [6.07, 6.45) is 2.84. The van der Waals surface area contributed by atoms with Crippen molar-refractivity contribution in [2.45, 2.75) is 53.1 Å². The number of anilines is 1. The number of nitrogens with zero attached hydrogens (tertiary/aromatic N) is 2. The van der Waals surface area contributed by atoms with Crippen LogP contribution in [0.5, 0.6) is 0 Å². The van der Waals surface area contributed by atoms with Crippen molar-refractivity contribution < 1.29 is 18.0 Å². The summed E-state index contributed by atoms with van der Waals surface area (Å²) in [5.41, 5.74) is 2.70. The Hall–Kier alpha value is -2.58. The number of hydrogen-bond acceptors (Lipinski definition) is 4. The molecule has 0 aromatic heterocycles. The zero-order chi connectivity index (χ0) is 25.5. The third kappa shape index (κ3) is 7.46. The molecule has 1 unspecified atom stereocenters. The molecule has 1 atom stereocenters. The molecule has 0 saturated carbocycles. The highest BCUT2D eigenvalue weighted by Gasteiger charge is 2.31. The van der Waals surface area contributed by atoms with Gasteiger partial charge in [0.05, 0.1) is 11.9 Å². The lowest BCUT2D eigenvalue weighted by Gasteiger charge is -2.32. The maximum atomic E-state index is 13.6. The van der Waals surface area contributed by atoms with Gasteiger partial charge in [-0.3, -0.25) is 13.9 Å². The molecule has 0 bridgehead atoms. The molecule has 1 N–H and O–H groups in total. The predicted molar refractivity (Wildman–Crippen MR) is 137 cm³/mol. The van der Waals surface area contributed by atoms with Gasteiger partial charge < -0.3 is 10.2 Å². The minimum absolute atomic E-state index is 0.117. The number of carbonyl (C=O) groups excluding carboxylic acids is 2. The molecule has 186 valence electrons. The van der Waals surface area contributed by atoms with Crippen LogP contribution in [0.15, 0.2) is 42.5 Å². The molecular formula is C25H34ClN3O4S. The van der Waals surface area contributed by atoms with Crippen molar-refractivity contribution in [3.05, 3.63) is 64.2 Å². The van der Waals surface area contributed by atoms with E-state index in [2.05, 4.69) is 5.32 Å². The number of benzene rings is 2. The number of unbranched alkanes of at least 4 members (excludes halogenated alkanes) is 1. The van der Waals surface area contributed by atoms with E-state index in [4.69, 9.17) is 11.6 Å². The second-order valence-corrected chi connectivity index (χ2v) is 10.8. The SMILES string of the molecule is CCCCNC(=O)C(C)N(Cc1cccc(Cl)c1)C(=O)CN(c1c(C)cccc1C)S(C)(=O)=O. The van der Waals surface area contributed by atoms with Crippen molar-refractivity contribution in [3.63, 3.8) is 0 Å². The summed E-state index contributed by atoms with van der Waals surface area (Å²) >= 11 is 6.12. The quantitative estimate of drug-likeness (QED) is 0.465. The Labute approximate surface area is 208 Å². The molecule has 0 spiro atoms. The summed E-state index contributed by atoms with van der Waals surface area (Å²) in [6, 6.07) is 11.7. The normalized spacial score (nSPS) is 12.2. The Morgan fingerprint density at radius 1 is 1.09 bits per heavy atom. The molecule has 0 aliphatic carbocycles. The molecule has 0 aliphatic heterocycles. The first kappa shape index (κ1) is 27.7. The number of para-hydroxylation sites is 1. The lowest BCUT2D eigenvalue weighted by molar-refractivity contribution is -0.139. The van der Waals surface area contributed by atoms with Gasteiger partial charge in [0.1, 0.15) is 12.6 Å². The topological polar surface area (TPSA) is 86.8 Å². The van der Waals surface area contributed by atoms with Gasteiger partial charge in [-0.2, -0.15) is 0 Å². The predicted octanol–water partition coefficient (Wildman–Crippen LogP) is 4.06. The summed E-state index contributed by atoms with van der Waals surface area (Å²) in [7, 11) is -3.77. The Bertz CT molecular complexity index is 1100. The summed E-state index contributed by atoms with van der Waals surface area (Å²) in [4.78, 5) is 27.8. The third-order valence-corrected chi connectivity index (χ3v) is 6.95. The van der Waals surface area contributed by atoms with Gasteiger partial charge in [0.15, 0.2) is 0 Å². The second-order valence-electron chi connectivity index (χ2n) is 8.48. The minimum Gasteiger partial charge on any atom is -0.354 e. The van der Waals surface area contributed by atoms with Gasteiger partial charge in [-0.05, 0) is 56.0 Å². The smallest absolute Gasteiger partial charge is 0.244 e. The Balaban J connectivity index is 2.41. The van der Waals surface area contributed by atoms with Gasteiger partial charge in [-0.25, -0.2) is 8.42 Å². The van der Waals surface area contributed by atoms with Crippen LogP contribution in [0.1, 0.15) is 43.4 Å². The largest absolute Gasteiger partial charge is 0.354 e. The van der Waals surface area contributed by atoms with E-state index in [-0.39, 0.29) is 12.5 Å². The average Bonchev–Trinajstić information content (AvgIpc) is 2.75. The molecule has 9 heteroatoms. The van der Waals surface area contributed by atoms with E-state index >= 15 is 0 Å². The molecule has 0 heterocycles. The highest BCUT2D eigenvalue weighted by Crippen LogP contribution is 2.27. The maximum absolute atomic E-state index is 13.6. The standard InChI is InChI=1S/C25H34ClN3O4S/c1-6-7-14-27-25(31)20(4)28(16-21-12-9-13-22(26)15-21)23(30)17-29(34(5,32)33)24-18(2)10-8-11-19(24)3/h8-13,15,20H,6-7,14,16-17H2,1-5H3,(H,27,31). The Kier molecular flexibility index (Phi) is 9.94. The van der Waals surface area contributed by atoms with Gasteiger partial charge >= 0.3 is 0 Å². The molecule has 2 amide bonds. The van der Waals surface area contributed by atoms with Gasteiger partial charge in [0.25, 0.3) is 0 Å². The zero-order valence-corrected chi connectivity index (χ0v) is 22.0. The molecule has 2 aromatic carbocycles. The van der Waals surface area contributed by atoms with Crippen LogP contribution in [0.3, 0.4) is 0 Å². The summed E-state index contributed by atoms with van der Waals surface area (Å²) < 4.78 is 26.6. The highest BCUT2D eigenvalue weighted by atomic mass is 35.5.